The molecule has 12 nitrogen and oxygen atoms in total. The summed E-state index contributed by atoms with van der Waals surface area (Å²) in [6.45, 7) is 8.18. The first-order chi connectivity index (χ1) is 28.3. The SMILES string of the molecule is CC1(C)CCN(C(=O)C(=O)N2CCC(F)(F)CC2)C1c1nc(-c2ccc(-c3ccc(-c4c[nH]c(C5N(C(=O)C(=O)N6CCC(F)(F)CC6)CCC5(C)C)n4)cc3)cc2)c[nH]1. The van der Waals surface area contributed by atoms with Crippen LogP contribution in [0.15, 0.2) is 60.9 Å². The minimum atomic E-state index is -2.82. The fraction of sp³-hybridized carbons (Fsp3) is 0.500. The maximum absolute atomic E-state index is 13.7. The second kappa shape index (κ2) is 15.2. The normalized spacial score (nSPS) is 23.2. The van der Waals surface area contributed by atoms with E-state index in [9.17, 15) is 36.7 Å². The van der Waals surface area contributed by atoms with E-state index >= 15 is 0 Å². The number of halogens is 4. The van der Waals surface area contributed by atoms with Crippen molar-refractivity contribution in [1.29, 1.82) is 0 Å². The van der Waals surface area contributed by atoms with Gasteiger partial charge in [-0.25, -0.2) is 27.5 Å². The number of nitrogens with one attached hydrogen (secondary N) is 2. The number of piperidine rings is 2. The van der Waals surface area contributed by atoms with Crippen LogP contribution in [0, 0.1) is 10.8 Å². The van der Waals surface area contributed by atoms with Crippen molar-refractivity contribution in [2.24, 2.45) is 10.8 Å². The van der Waals surface area contributed by atoms with Crippen molar-refractivity contribution in [3.63, 3.8) is 0 Å². The van der Waals surface area contributed by atoms with E-state index < -0.39 is 73.2 Å². The van der Waals surface area contributed by atoms with Gasteiger partial charge in [-0.2, -0.15) is 0 Å². The van der Waals surface area contributed by atoms with Crippen LogP contribution in [0.25, 0.3) is 33.6 Å². The lowest BCUT2D eigenvalue weighted by molar-refractivity contribution is -0.156. The third kappa shape index (κ3) is 7.92. The molecule has 4 aliphatic heterocycles. The highest BCUT2D eigenvalue weighted by molar-refractivity contribution is 6.35. The second-order valence-corrected chi connectivity index (χ2v) is 18.1. The van der Waals surface area contributed by atoms with E-state index in [1.54, 1.807) is 12.4 Å². The molecule has 8 rings (SSSR count). The van der Waals surface area contributed by atoms with Crippen LogP contribution in [0.1, 0.15) is 90.0 Å². The Hall–Kier alpha value is -5.54. The van der Waals surface area contributed by atoms with E-state index in [-0.39, 0.29) is 37.0 Å². The van der Waals surface area contributed by atoms with E-state index in [0.717, 1.165) is 22.3 Å². The van der Waals surface area contributed by atoms with Gasteiger partial charge in [0.25, 0.3) is 11.8 Å². The van der Waals surface area contributed by atoms with Gasteiger partial charge in [-0.3, -0.25) is 19.2 Å². The number of aromatic amines is 2. The number of H-pyrrole nitrogens is 2. The van der Waals surface area contributed by atoms with Crippen LogP contribution in [0.2, 0.25) is 0 Å². The molecular weight excluding hydrogens is 781 g/mol. The zero-order valence-electron chi connectivity index (χ0n) is 34.2. The molecule has 0 spiro atoms. The zero-order valence-corrected chi connectivity index (χ0v) is 34.2. The van der Waals surface area contributed by atoms with E-state index in [2.05, 4.69) is 9.97 Å². The summed E-state index contributed by atoms with van der Waals surface area (Å²) in [5.74, 6) is -7.45. The molecule has 4 aliphatic rings. The Bertz CT molecular complexity index is 2110. The first kappa shape index (κ1) is 41.2. The van der Waals surface area contributed by atoms with Crippen molar-refractivity contribution < 1.29 is 36.7 Å². The maximum Gasteiger partial charge on any atom is 0.312 e. The van der Waals surface area contributed by atoms with Crippen molar-refractivity contribution in [2.75, 3.05) is 39.3 Å². The molecule has 6 heterocycles. The number of carbonyl (C=O) groups is 4. The van der Waals surface area contributed by atoms with Gasteiger partial charge in [-0.1, -0.05) is 76.2 Å². The molecule has 318 valence electrons. The van der Waals surface area contributed by atoms with Crippen LogP contribution in [0.3, 0.4) is 0 Å². The van der Waals surface area contributed by atoms with Crippen LogP contribution in [-0.2, 0) is 19.2 Å². The zero-order chi connectivity index (χ0) is 42.8. The standard InChI is InChI=1S/C44H50F4N8O4/c1-41(2)13-23-55(39(59)37(57)53-19-15-43(45,46)16-20-53)33(41)35-49-25-31(51-35)29-9-5-27(6-10-29)28-7-11-30(12-8-28)32-26-50-36(52-32)34-42(3,4)14-24-56(34)40(60)38(58)54-21-17-44(47,48)18-22-54/h5-12,25-26,33-34H,13-24H2,1-4H3,(H,49,51)(H,50,52). The molecule has 2 unspecified atom stereocenters. The molecular formula is C44H50F4N8O4. The van der Waals surface area contributed by atoms with Crippen LogP contribution >= 0.6 is 0 Å². The summed E-state index contributed by atoms with van der Waals surface area (Å²) in [7, 11) is 0. The molecule has 0 saturated carbocycles. The first-order valence-corrected chi connectivity index (χ1v) is 20.6. The number of carbonyl (C=O) groups excluding carboxylic acids is 4. The molecule has 4 saturated heterocycles. The number of aromatic nitrogens is 4. The van der Waals surface area contributed by atoms with Crippen LogP contribution < -0.4 is 0 Å². The minimum Gasteiger partial charge on any atom is -0.346 e. The van der Waals surface area contributed by atoms with Crippen LogP contribution in [0.5, 0.6) is 0 Å². The average molecular weight is 831 g/mol. The Labute approximate surface area is 345 Å². The van der Waals surface area contributed by atoms with Crippen molar-refractivity contribution in [3.8, 4) is 33.6 Å². The lowest BCUT2D eigenvalue weighted by Crippen LogP contribution is -2.50. The molecule has 60 heavy (non-hydrogen) atoms. The topological polar surface area (TPSA) is 139 Å². The van der Waals surface area contributed by atoms with Crippen molar-refractivity contribution in [2.45, 2.75) is 90.1 Å². The lowest BCUT2D eigenvalue weighted by Gasteiger charge is -2.34. The van der Waals surface area contributed by atoms with E-state index in [1.165, 1.54) is 19.6 Å². The van der Waals surface area contributed by atoms with Gasteiger partial charge >= 0.3 is 23.6 Å². The first-order valence-electron chi connectivity index (χ1n) is 20.6. The molecule has 4 aromatic rings. The lowest BCUT2D eigenvalue weighted by atomic mass is 9.84. The van der Waals surface area contributed by atoms with Crippen molar-refractivity contribution in [3.05, 3.63) is 72.6 Å². The fourth-order valence-corrected chi connectivity index (χ4v) is 9.17. The Morgan fingerprint density at radius 2 is 0.817 bits per heavy atom. The van der Waals surface area contributed by atoms with Gasteiger partial charge in [0.2, 0.25) is 0 Å². The molecule has 0 aliphatic carbocycles. The molecule has 4 amide bonds. The Kier molecular flexibility index (Phi) is 10.4. The van der Waals surface area contributed by atoms with Gasteiger partial charge in [-0.15, -0.1) is 0 Å². The number of benzene rings is 2. The number of nitrogens with zero attached hydrogens (tertiary/aromatic N) is 6. The highest BCUT2D eigenvalue weighted by Gasteiger charge is 2.50. The highest BCUT2D eigenvalue weighted by atomic mass is 19.3. The Balaban J connectivity index is 0.929. The average Bonchev–Trinajstić information content (AvgIpc) is 4.02. The summed E-state index contributed by atoms with van der Waals surface area (Å²) < 4.78 is 54.9. The summed E-state index contributed by atoms with van der Waals surface area (Å²) in [4.78, 5) is 75.0. The molecule has 16 heteroatoms. The van der Waals surface area contributed by atoms with Crippen molar-refractivity contribution in [1.82, 2.24) is 39.5 Å². The van der Waals surface area contributed by atoms with Gasteiger partial charge in [0.1, 0.15) is 11.6 Å². The summed E-state index contributed by atoms with van der Waals surface area (Å²) in [6.07, 6.45) is 3.04. The van der Waals surface area contributed by atoms with Gasteiger partial charge in [0.05, 0.1) is 23.5 Å². The van der Waals surface area contributed by atoms with Crippen LogP contribution in [-0.4, -0.2) is 114 Å². The third-order valence-corrected chi connectivity index (χ3v) is 13.0. The molecule has 2 aromatic carbocycles. The number of hydrogen-bond acceptors (Lipinski definition) is 6. The predicted octanol–water partition coefficient (Wildman–Crippen LogP) is 7.25. The van der Waals surface area contributed by atoms with E-state index in [1.807, 2.05) is 76.2 Å². The monoisotopic (exact) mass is 830 g/mol. The molecule has 2 aromatic heterocycles. The number of alkyl halides is 4. The number of amides is 4. The molecule has 2 atom stereocenters. The van der Waals surface area contributed by atoms with Gasteiger partial charge in [0.15, 0.2) is 0 Å². The molecule has 4 fully saturated rings. The summed E-state index contributed by atoms with van der Waals surface area (Å²) in [5.41, 5.74) is 4.20. The van der Waals surface area contributed by atoms with Crippen LogP contribution in [0.4, 0.5) is 17.6 Å². The smallest absolute Gasteiger partial charge is 0.312 e. The summed E-state index contributed by atoms with van der Waals surface area (Å²) >= 11 is 0. The Morgan fingerprint density at radius 3 is 1.15 bits per heavy atom. The summed E-state index contributed by atoms with van der Waals surface area (Å²) in [5, 5.41) is 0. The van der Waals surface area contributed by atoms with E-state index in [0.29, 0.717) is 49.0 Å². The summed E-state index contributed by atoms with van der Waals surface area (Å²) in [6, 6.07) is 14.8. The number of rotatable bonds is 5. The molecule has 0 bridgehead atoms. The predicted molar refractivity (Wildman–Crippen MR) is 214 cm³/mol. The van der Waals surface area contributed by atoms with E-state index in [4.69, 9.17) is 9.97 Å². The van der Waals surface area contributed by atoms with Gasteiger partial charge < -0.3 is 29.6 Å². The quantitative estimate of drug-likeness (QED) is 0.161. The largest absolute Gasteiger partial charge is 0.346 e. The number of likely N-dealkylation sites (tertiary alicyclic amines) is 4. The number of hydrogen-bond donors (Lipinski definition) is 2. The van der Waals surface area contributed by atoms with Crippen molar-refractivity contribution >= 4 is 23.6 Å². The van der Waals surface area contributed by atoms with Gasteiger partial charge in [-0.05, 0) is 34.8 Å². The second-order valence-electron chi connectivity index (χ2n) is 18.1. The maximum atomic E-state index is 13.7. The molecule has 0 radical (unpaired) electrons. The fourth-order valence-electron chi connectivity index (χ4n) is 9.17. The Morgan fingerprint density at radius 1 is 0.500 bits per heavy atom. The molecule has 2 N–H and O–H groups in total. The highest BCUT2D eigenvalue weighted by Crippen LogP contribution is 2.48. The minimum absolute atomic E-state index is 0.153. The van der Waals surface area contributed by atoms with Gasteiger partial charge in [0, 0.05) is 88.5 Å². The number of imidazole rings is 2. The third-order valence-electron chi connectivity index (χ3n) is 13.0.